The van der Waals surface area contributed by atoms with E-state index in [2.05, 4.69) is 15.5 Å². The van der Waals surface area contributed by atoms with Crippen LogP contribution in [0, 0.1) is 13.8 Å². The predicted molar refractivity (Wildman–Crippen MR) is 95.0 cm³/mol. The Morgan fingerprint density at radius 3 is 2.72 bits per heavy atom. The molecule has 1 saturated heterocycles. The number of hydrogen-bond donors (Lipinski definition) is 2. The van der Waals surface area contributed by atoms with Crippen molar-refractivity contribution in [1.82, 2.24) is 20.4 Å². The number of amides is 2. The zero-order valence-electron chi connectivity index (χ0n) is 14.7. The van der Waals surface area contributed by atoms with Crippen molar-refractivity contribution in [2.75, 3.05) is 13.1 Å². The summed E-state index contributed by atoms with van der Waals surface area (Å²) in [6.45, 7) is 4.67. The van der Waals surface area contributed by atoms with E-state index in [4.69, 9.17) is 0 Å². The molecule has 1 aromatic heterocycles. The first-order valence-electron chi connectivity index (χ1n) is 8.64. The van der Waals surface area contributed by atoms with Crippen molar-refractivity contribution in [3.63, 3.8) is 0 Å². The molecule has 1 atom stereocenters. The quantitative estimate of drug-likeness (QED) is 0.866. The van der Waals surface area contributed by atoms with E-state index < -0.39 is 0 Å². The second kappa shape index (κ2) is 7.51. The SMILES string of the molecule is Cc1[nH]nc(CCC(=O)N2CC(=O)NC(Cc3ccccc3)C2)c1C. The van der Waals surface area contributed by atoms with Gasteiger partial charge in [0.15, 0.2) is 0 Å². The molecule has 6 nitrogen and oxygen atoms in total. The average molecular weight is 340 g/mol. The van der Waals surface area contributed by atoms with Crippen LogP contribution in [-0.2, 0) is 22.4 Å². The number of piperazine rings is 1. The third-order valence-electron chi connectivity index (χ3n) is 4.75. The van der Waals surface area contributed by atoms with E-state index in [1.54, 1.807) is 4.90 Å². The molecule has 132 valence electrons. The predicted octanol–water partition coefficient (Wildman–Crippen LogP) is 1.53. The molecule has 2 N–H and O–H groups in total. The zero-order chi connectivity index (χ0) is 17.8. The number of benzene rings is 1. The van der Waals surface area contributed by atoms with Crippen LogP contribution in [0.5, 0.6) is 0 Å². The van der Waals surface area contributed by atoms with Crippen LogP contribution in [0.3, 0.4) is 0 Å². The molecule has 0 bridgehead atoms. The van der Waals surface area contributed by atoms with E-state index in [0.29, 0.717) is 19.4 Å². The lowest BCUT2D eigenvalue weighted by atomic mass is 10.0. The molecule has 1 aromatic carbocycles. The number of aromatic nitrogens is 2. The van der Waals surface area contributed by atoms with Crippen molar-refractivity contribution < 1.29 is 9.59 Å². The summed E-state index contributed by atoms with van der Waals surface area (Å²) in [6.07, 6.45) is 1.70. The van der Waals surface area contributed by atoms with Gasteiger partial charge in [-0.3, -0.25) is 14.7 Å². The Labute approximate surface area is 147 Å². The maximum atomic E-state index is 12.5. The Kier molecular flexibility index (Phi) is 5.16. The van der Waals surface area contributed by atoms with E-state index in [1.807, 2.05) is 44.2 Å². The molecule has 1 aliphatic heterocycles. The van der Waals surface area contributed by atoms with Gasteiger partial charge in [-0.05, 0) is 31.4 Å². The Morgan fingerprint density at radius 2 is 2.04 bits per heavy atom. The lowest BCUT2D eigenvalue weighted by molar-refractivity contribution is -0.139. The zero-order valence-corrected chi connectivity index (χ0v) is 14.7. The minimum absolute atomic E-state index is 0.00737. The Morgan fingerprint density at radius 1 is 1.28 bits per heavy atom. The van der Waals surface area contributed by atoms with Gasteiger partial charge in [0.2, 0.25) is 11.8 Å². The van der Waals surface area contributed by atoms with Gasteiger partial charge in [-0.1, -0.05) is 30.3 Å². The molecule has 2 heterocycles. The molecule has 0 aliphatic carbocycles. The molecule has 25 heavy (non-hydrogen) atoms. The highest BCUT2D eigenvalue weighted by atomic mass is 16.2. The molecule has 3 rings (SSSR count). The maximum absolute atomic E-state index is 12.5. The standard InChI is InChI=1S/C19H24N4O2/c1-13-14(2)21-22-17(13)8-9-19(25)23-11-16(20-18(24)12-23)10-15-6-4-3-5-7-15/h3-7,16H,8-12H2,1-2H3,(H,20,24)(H,21,22). The highest BCUT2D eigenvalue weighted by Crippen LogP contribution is 2.13. The summed E-state index contributed by atoms with van der Waals surface area (Å²) < 4.78 is 0. The third-order valence-corrected chi connectivity index (χ3v) is 4.75. The fourth-order valence-corrected chi connectivity index (χ4v) is 3.19. The van der Waals surface area contributed by atoms with Gasteiger partial charge in [0.05, 0.1) is 18.3 Å². The molecular weight excluding hydrogens is 316 g/mol. The Hall–Kier alpha value is -2.63. The van der Waals surface area contributed by atoms with Gasteiger partial charge in [-0.2, -0.15) is 5.10 Å². The van der Waals surface area contributed by atoms with Crippen molar-refractivity contribution in [1.29, 1.82) is 0 Å². The molecule has 1 aliphatic rings. The summed E-state index contributed by atoms with van der Waals surface area (Å²) in [5, 5.41) is 10.2. The number of aromatic amines is 1. The summed E-state index contributed by atoms with van der Waals surface area (Å²) >= 11 is 0. The molecule has 2 aromatic rings. The molecular formula is C19H24N4O2. The minimum Gasteiger partial charge on any atom is -0.350 e. The van der Waals surface area contributed by atoms with E-state index in [9.17, 15) is 9.59 Å². The van der Waals surface area contributed by atoms with Crippen LogP contribution in [0.25, 0.3) is 0 Å². The monoisotopic (exact) mass is 340 g/mol. The van der Waals surface area contributed by atoms with E-state index >= 15 is 0 Å². The van der Waals surface area contributed by atoms with Crippen LogP contribution in [0.4, 0.5) is 0 Å². The Bertz CT molecular complexity index is 754. The fourth-order valence-electron chi connectivity index (χ4n) is 3.19. The first kappa shape index (κ1) is 17.2. The minimum atomic E-state index is -0.0904. The van der Waals surface area contributed by atoms with Crippen molar-refractivity contribution in [3.05, 3.63) is 52.8 Å². The number of aryl methyl sites for hydroxylation is 2. The van der Waals surface area contributed by atoms with Gasteiger partial charge >= 0.3 is 0 Å². The van der Waals surface area contributed by atoms with Crippen LogP contribution in [0.1, 0.15) is 28.9 Å². The summed E-state index contributed by atoms with van der Waals surface area (Å²) in [5.41, 5.74) is 4.21. The van der Waals surface area contributed by atoms with Crippen molar-refractivity contribution >= 4 is 11.8 Å². The van der Waals surface area contributed by atoms with Gasteiger partial charge in [0.1, 0.15) is 0 Å². The number of nitrogens with zero attached hydrogens (tertiary/aromatic N) is 2. The smallest absolute Gasteiger partial charge is 0.239 e. The Balaban J connectivity index is 1.58. The largest absolute Gasteiger partial charge is 0.350 e. The number of nitrogens with one attached hydrogen (secondary N) is 2. The first-order chi connectivity index (χ1) is 12.0. The number of H-pyrrole nitrogens is 1. The van der Waals surface area contributed by atoms with E-state index in [0.717, 1.165) is 28.9 Å². The fraction of sp³-hybridized carbons (Fsp3) is 0.421. The molecule has 0 radical (unpaired) electrons. The lowest BCUT2D eigenvalue weighted by Gasteiger charge is -2.33. The molecule has 0 spiro atoms. The van der Waals surface area contributed by atoms with Gasteiger partial charge in [0.25, 0.3) is 0 Å². The summed E-state index contributed by atoms with van der Waals surface area (Å²) in [5.74, 6) is -0.0831. The van der Waals surface area contributed by atoms with Crippen LogP contribution in [-0.4, -0.2) is 46.0 Å². The number of rotatable bonds is 5. The highest BCUT2D eigenvalue weighted by Gasteiger charge is 2.27. The van der Waals surface area contributed by atoms with Crippen molar-refractivity contribution in [3.8, 4) is 0 Å². The van der Waals surface area contributed by atoms with E-state index in [1.165, 1.54) is 0 Å². The maximum Gasteiger partial charge on any atom is 0.239 e. The van der Waals surface area contributed by atoms with Gasteiger partial charge in [-0.25, -0.2) is 0 Å². The van der Waals surface area contributed by atoms with Crippen LogP contribution in [0.15, 0.2) is 30.3 Å². The molecule has 1 unspecified atom stereocenters. The topological polar surface area (TPSA) is 78.1 Å². The third kappa shape index (κ3) is 4.26. The van der Waals surface area contributed by atoms with Crippen LogP contribution < -0.4 is 5.32 Å². The normalized spacial score (nSPS) is 17.4. The second-order valence-electron chi connectivity index (χ2n) is 6.65. The highest BCUT2D eigenvalue weighted by molar-refractivity contribution is 5.86. The van der Waals surface area contributed by atoms with Crippen molar-refractivity contribution in [2.24, 2.45) is 0 Å². The first-order valence-corrected chi connectivity index (χ1v) is 8.64. The van der Waals surface area contributed by atoms with Gasteiger partial charge in [-0.15, -0.1) is 0 Å². The average Bonchev–Trinajstić information content (AvgIpc) is 2.92. The van der Waals surface area contributed by atoms with Crippen molar-refractivity contribution in [2.45, 2.75) is 39.2 Å². The number of hydrogen-bond acceptors (Lipinski definition) is 3. The molecule has 0 saturated carbocycles. The van der Waals surface area contributed by atoms with E-state index in [-0.39, 0.29) is 24.4 Å². The second-order valence-corrected chi connectivity index (χ2v) is 6.65. The number of carbonyl (C=O) groups is 2. The summed E-state index contributed by atoms with van der Waals surface area (Å²) in [7, 11) is 0. The summed E-state index contributed by atoms with van der Waals surface area (Å²) in [6, 6.07) is 9.97. The van der Waals surface area contributed by atoms with Gasteiger partial charge in [0, 0.05) is 25.1 Å². The molecule has 6 heteroatoms. The lowest BCUT2D eigenvalue weighted by Crippen LogP contribution is -2.56. The van der Waals surface area contributed by atoms with Crippen LogP contribution in [0.2, 0.25) is 0 Å². The van der Waals surface area contributed by atoms with Gasteiger partial charge < -0.3 is 10.2 Å². The molecule has 2 amide bonds. The van der Waals surface area contributed by atoms with Crippen LogP contribution >= 0.6 is 0 Å². The summed E-state index contributed by atoms with van der Waals surface area (Å²) in [4.78, 5) is 26.2. The number of carbonyl (C=O) groups excluding carboxylic acids is 2. The molecule has 1 fully saturated rings.